The van der Waals surface area contributed by atoms with Crippen LogP contribution in [0.15, 0.2) is 42.6 Å². The summed E-state index contributed by atoms with van der Waals surface area (Å²) < 4.78 is 18.8. The highest BCUT2D eigenvalue weighted by Crippen LogP contribution is 2.38. The third kappa shape index (κ3) is 4.14. The normalized spacial score (nSPS) is 20.4. The van der Waals surface area contributed by atoms with E-state index >= 15 is 0 Å². The van der Waals surface area contributed by atoms with E-state index in [2.05, 4.69) is 10.3 Å². The lowest BCUT2D eigenvalue weighted by Crippen LogP contribution is -2.42. The van der Waals surface area contributed by atoms with Crippen LogP contribution < -0.4 is 10.1 Å². The molecule has 2 aromatic rings. The van der Waals surface area contributed by atoms with E-state index in [1.807, 2.05) is 6.07 Å². The topological polar surface area (TPSA) is 71.5 Å². The van der Waals surface area contributed by atoms with Crippen molar-refractivity contribution in [2.24, 2.45) is 5.92 Å². The second-order valence-electron chi connectivity index (χ2n) is 6.33. The number of hydrogen-bond donors (Lipinski definition) is 2. The number of rotatable bonds is 6. The van der Waals surface area contributed by atoms with E-state index in [9.17, 15) is 14.3 Å². The molecule has 2 N–H and O–H groups in total. The van der Waals surface area contributed by atoms with Gasteiger partial charge in [0.25, 0.3) is 0 Å². The molecule has 1 atom stereocenters. The monoisotopic (exact) mass is 344 g/mol. The lowest BCUT2D eigenvalue weighted by molar-refractivity contribution is -0.122. The number of carbonyl (C=O) groups is 1. The third-order valence-electron chi connectivity index (χ3n) is 4.57. The Kier molecular flexibility index (Phi) is 5.28. The number of ether oxygens (including phenoxy) is 1. The summed E-state index contributed by atoms with van der Waals surface area (Å²) in [6.45, 7) is 0. The largest absolute Gasteiger partial charge is 0.481 e. The van der Waals surface area contributed by atoms with Crippen LogP contribution >= 0.6 is 0 Å². The van der Waals surface area contributed by atoms with Crippen molar-refractivity contribution in [1.82, 2.24) is 10.3 Å². The van der Waals surface area contributed by atoms with Crippen LogP contribution in [-0.4, -0.2) is 29.2 Å². The first-order valence-electron chi connectivity index (χ1n) is 8.27. The molecule has 1 aliphatic rings. The fraction of sp³-hybridized carbons (Fsp3) is 0.368. The molecular formula is C19H21FN2O3. The Morgan fingerprint density at radius 2 is 2.12 bits per heavy atom. The molecule has 25 heavy (non-hydrogen) atoms. The molecule has 1 unspecified atom stereocenters. The molecule has 1 aliphatic carbocycles. The number of benzene rings is 1. The highest BCUT2D eigenvalue weighted by Gasteiger charge is 2.35. The highest BCUT2D eigenvalue weighted by molar-refractivity contribution is 5.79. The highest BCUT2D eigenvalue weighted by atomic mass is 19.1. The second-order valence-corrected chi connectivity index (χ2v) is 6.33. The smallest absolute Gasteiger partial charge is 0.225 e. The summed E-state index contributed by atoms with van der Waals surface area (Å²) >= 11 is 0. The van der Waals surface area contributed by atoms with Crippen molar-refractivity contribution in [3.05, 3.63) is 59.5 Å². The van der Waals surface area contributed by atoms with Gasteiger partial charge >= 0.3 is 0 Å². The SMILES string of the molecule is COc1ccc(C(NC(=O)Cc2ccccc2F)C2CC(O)C2)cn1. The van der Waals surface area contributed by atoms with E-state index in [1.54, 1.807) is 30.5 Å². The molecule has 0 spiro atoms. The predicted octanol–water partition coefficient (Wildman–Crippen LogP) is 2.40. The van der Waals surface area contributed by atoms with Gasteiger partial charge in [-0.15, -0.1) is 0 Å². The molecule has 1 amide bonds. The minimum absolute atomic E-state index is 0.0258. The molecular weight excluding hydrogens is 323 g/mol. The summed E-state index contributed by atoms with van der Waals surface area (Å²) in [4.78, 5) is 16.6. The third-order valence-corrected chi connectivity index (χ3v) is 4.57. The van der Waals surface area contributed by atoms with Crippen molar-refractivity contribution in [2.75, 3.05) is 7.11 Å². The van der Waals surface area contributed by atoms with Crippen molar-refractivity contribution in [3.8, 4) is 5.88 Å². The van der Waals surface area contributed by atoms with Gasteiger partial charge in [0.05, 0.1) is 25.7 Å². The van der Waals surface area contributed by atoms with E-state index in [4.69, 9.17) is 4.74 Å². The number of aromatic nitrogens is 1. The van der Waals surface area contributed by atoms with Crippen molar-refractivity contribution >= 4 is 5.91 Å². The van der Waals surface area contributed by atoms with Crippen molar-refractivity contribution < 1.29 is 19.0 Å². The zero-order valence-electron chi connectivity index (χ0n) is 14.0. The molecule has 0 radical (unpaired) electrons. The van der Waals surface area contributed by atoms with Crippen LogP contribution in [-0.2, 0) is 11.2 Å². The first-order valence-corrected chi connectivity index (χ1v) is 8.27. The minimum Gasteiger partial charge on any atom is -0.481 e. The molecule has 5 nitrogen and oxygen atoms in total. The lowest BCUT2D eigenvalue weighted by atomic mass is 9.75. The summed E-state index contributed by atoms with van der Waals surface area (Å²) in [7, 11) is 1.54. The Hall–Kier alpha value is -2.47. The summed E-state index contributed by atoms with van der Waals surface area (Å²) in [6, 6.07) is 9.57. The number of amides is 1. The molecule has 1 aromatic carbocycles. The van der Waals surface area contributed by atoms with Gasteiger partial charge in [-0.1, -0.05) is 24.3 Å². The molecule has 1 fully saturated rings. The summed E-state index contributed by atoms with van der Waals surface area (Å²) in [6.07, 6.45) is 2.55. The molecule has 1 saturated carbocycles. The standard InChI is InChI=1S/C19H21FN2O3/c1-25-18-7-6-13(11-21-18)19(14-8-15(23)9-14)22-17(24)10-12-4-2-3-5-16(12)20/h2-7,11,14-15,19,23H,8-10H2,1H3,(H,22,24). The number of halogens is 1. The van der Waals surface area contributed by atoms with Crippen LogP contribution in [0.25, 0.3) is 0 Å². The van der Waals surface area contributed by atoms with Crippen LogP contribution in [0.3, 0.4) is 0 Å². The van der Waals surface area contributed by atoms with E-state index in [-0.39, 0.29) is 36.2 Å². The summed E-state index contributed by atoms with van der Waals surface area (Å²) in [5.41, 5.74) is 1.21. The minimum atomic E-state index is -0.389. The first-order chi connectivity index (χ1) is 12.1. The number of aliphatic hydroxyl groups excluding tert-OH is 1. The van der Waals surface area contributed by atoms with Gasteiger partial charge in [0.2, 0.25) is 11.8 Å². The Morgan fingerprint density at radius 3 is 2.72 bits per heavy atom. The van der Waals surface area contributed by atoms with Gasteiger partial charge in [-0.05, 0) is 36.0 Å². The number of pyridine rings is 1. The maximum atomic E-state index is 13.7. The van der Waals surface area contributed by atoms with Crippen molar-refractivity contribution in [2.45, 2.75) is 31.4 Å². The Bertz CT molecular complexity index is 730. The average Bonchev–Trinajstić information content (AvgIpc) is 2.59. The van der Waals surface area contributed by atoms with Crippen LogP contribution in [0.1, 0.15) is 30.0 Å². The molecule has 1 heterocycles. The lowest BCUT2D eigenvalue weighted by Gasteiger charge is -2.38. The molecule has 1 aromatic heterocycles. The zero-order chi connectivity index (χ0) is 17.8. The fourth-order valence-electron chi connectivity index (χ4n) is 3.11. The number of carbonyl (C=O) groups excluding carboxylic acids is 1. The average molecular weight is 344 g/mol. The molecule has 3 rings (SSSR count). The van der Waals surface area contributed by atoms with Crippen LogP contribution in [0.4, 0.5) is 4.39 Å². The first kappa shape index (κ1) is 17.4. The van der Waals surface area contributed by atoms with E-state index in [0.29, 0.717) is 24.3 Å². The Labute approximate surface area is 145 Å². The zero-order valence-corrected chi connectivity index (χ0v) is 14.0. The number of methoxy groups -OCH3 is 1. The van der Waals surface area contributed by atoms with Crippen LogP contribution in [0.2, 0.25) is 0 Å². The molecule has 0 aliphatic heterocycles. The fourth-order valence-corrected chi connectivity index (χ4v) is 3.11. The summed E-state index contributed by atoms with van der Waals surface area (Å²) in [5.74, 6) is -0.0183. The molecule has 132 valence electrons. The second kappa shape index (κ2) is 7.61. The number of nitrogens with zero attached hydrogens (tertiary/aromatic N) is 1. The van der Waals surface area contributed by atoms with Gasteiger partial charge in [-0.3, -0.25) is 4.79 Å². The van der Waals surface area contributed by atoms with Crippen LogP contribution in [0, 0.1) is 11.7 Å². The number of nitrogens with one attached hydrogen (secondary N) is 1. The predicted molar refractivity (Wildman–Crippen MR) is 90.5 cm³/mol. The van der Waals surface area contributed by atoms with Crippen molar-refractivity contribution in [3.63, 3.8) is 0 Å². The van der Waals surface area contributed by atoms with Gasteiger partial charge in [-0.2, -0.15) is 0 Å². The number of aliphatic hydroxyl groups is 1. The Morgan fingerprint density at radius 1 is 1.36 bits per heavy atom. The number of hydrogen-bond acceptors (Lipinski definition) is 4. The van der Waals surface area contributed by atoms with E-state index in [0.717, 1.165) is 5.56 Å². The van der Waals surface area contributed by atoms with Crippen molar-refractivity contribution in [1.29, 1.82) is 0 Å². The van der Waals surface area contributed by atoms with Crippen LogP contribution in [0.5, 0.6) is 5.88 Å². The van der Waals surface area contributed by atoms with Gasteiger partial charge < -0.3 is 15.2 Å². The summed E-state index contributed by atoms with van der Waals surface area (Å²) in [5, 5.41) is 12.6. The van der Waals surface area contributed by atoms with E-state index in [1.165, 1.54) is 13.2 Å². The molecule has 6 heteroatoms. The molecule has 0 saturated heterocycles. The van der Waals surface area contributed by atoms with Gasteiger partial charge in [-0.25, -0.2) is 9.37 Å². The maximum Gasteiger partial charge on any atom is 0.225 e. The quantitative estimate of drug-likeness (QED) is 0.844. The van der Waals surface area contributed by atoms with Gasteiger partial charge in [0.1, 0.15) is 5.82 Å². The maximum absolute atomic E-state index is 13.7. The van der Waals surface area contributed by atoms with Gasteiger partial charge in [0, 0.05) is 12.3 Å². The van der Waals surface area contributed by atoms with Gasteiger partial charge in [0.15, 0.2) is 0 Å². The Balaban J connectivity index is 1.73. The van der Waals surface area contributed by atoms with E-state index < -0.39 is 0 Å². The molecule has 0 bridgehead atoms.